The molecule has 0 aromatic carbocycles. The largest absolute Gasteiger partial charge is 0.500 e. The molecular formula is C26H61N2O8Si4. The van der Waals surface area contributed by atoms with E-state index in [0.717, 1.165) is 60.8 Å². The van der Waals surface area contributed by atoms with E-state index in [9.17, 15) is 0 Å². The molecule has 0 aliphatic carbocycles. The summed E-state index contributed by atoms with van der Waals surface area (Å²) in [5.41, 5.74) is 0.540. The van der Waals surface area contributed by atoms with Crippen LogP contribution < -0.4 is 10.6 Å². The molecule has 1 unspecified atom stereocenters. The van der Waals surface area contributed by atoms with Crippen LogP contribution in [0.5, 0.6) is 0 Å². The van der Waals surface area contributed by atoms with Crippen LogP contribution in [-0.4, -0.2) is 111 Å². The average Bonchev–Trinajstić information content (AvgIpc) is 2.98. The highest BCUT2D eigenvalue weighted by Gasteiger charge is 2.37. The van der Waals surface area contributed by atoms with Crippen LogP contribution in [0.3, 0.4) is 0 Å². The van der Waals surface area contributed by atoms with Gasteiger partial charge in [0.2, 0.25) is 0 Å². The molecule has 0 amide bonds. The average molecular weight is 642 g/mol. The number of unbranched alkanes of at least 4 members (excludes halogenated alkanes) is 4. The van der Waals surface area contributed by atoms with Gasteiger partial charge in [-0.15, -0.1) is 0 Å². The molecule has 40 heavy (non-hydrogen) atoms. The van der Waals surface area contributed by atoms with Gasteiger partial charge >= 0.3 is 26.9 Å². The van der Waals surface area contributed by atoms with E-state index in [1.165, 1.54) is 44.6 Å². The molecule has 0 rings (SSSR count). The van der Waals surface area contributed by atoms with Gasteiger partial charge in [-0.2, -0.15) is 0 Å². The van der Waals surface area contributed by atoms with Crippen LogP contribution in [0.15, 0.2) is 0 Å². The quantitative estimate of drug-likeness (QED) is 0.0667. The predicted molar refractivity (Wildman–Crippen MR) is 169 cm³/mol. The first kappa shape index (κ1) is 40.5. The minimum Gasteiger partial charge on any atom is -0.393 e. The van der Waals surface area contributed by atoms with Crippen molar-refractivity contribution in [1.82, 2.24) is 10.6 Å². The van der Waals surface area contributed by atoms with Crippen LogP contribution in [0.25, 0.3) is 0 Å². The lowest BCUT2D eigenvalue weighted by Crippen LogP contribution is -2.49. The highest BCUT2D eigenvalue weighted by Crippen LogP contribution is 2.21. The van der Waals surface area contributed by atoms with E-state index in [1.807, 2.05) is 0 Å². The fourth-order valence-electron chi connectivity index (χ4n) is 4.51. The lowest BCUT2D eigenvalue weighted by atomic mass is 10.1. The van der Waals surface area contributed by atoms with E-state index >= 15 is 0 Å². The molecule has 3 radical (unpaired) electrons. The first-order chi connectivity index (χ1) is 19.3. The normalized spacial score (nSPS) is 13.6. The Bertz CT molecular complexity index is 516. The van der Waals surface area contributed by atoms with Crippen molar-refractivity contribution in [2.75, 3.05) is 69.0 Å². The second kappa shape index (κ2) is 25.9. The topological polar surface area (TPSA) is 97.9 Å². The highest BCUT2D eigenvalue weighted by atomic mass is 28.4. The van der Waals surface area contributed by atoms with Gasteiger partial charge in [0.05, 0.1) is 9.52 Å². The zero-order valence-electron chi connectivity index (χ0n) is 27.0. The summed E-state index contributed by atoms with van der Waals surface area (Å²) in [6, 6.07) is 2.81. The third-order valence-electron chi connectivity index (χ3n) is 7.02. The molecule has 0 saturated carbocycles. The number of nitrogens with one attached hydrogen (secondary N) is 2. The van der Waals surface area contributed by atoms with E-state index in [-0.39, 0.29) is 5.79 Å². The van der Waals surface area contributed by atoms with Gasteiger partial charge in [-0.25, -0.2) is 0 Å². The smallest absolute Gasteiger partial charge is 0.393 e. The molecule has 239 valence electrons. The summed E-state index contributed by atoms with van der Waals surface area (Å²) in [6.45, 7) is 9.65. The molecule has 2 N–H and O–H groups in total. The van der Waals surface area contributed by atoms with Gasteiger partial charge in [-0.1, -0.05) is 45.1 Å². The summed E-state index contributed by atoms with van der Waals surface area (Å²) in [6.07, 6.45) is 9.46. The van der Waals surface area contributed by atoms with Crippen LogP contribution in [0.4, 0.5) is 0 Å². The van der Waals surface area contributed by atoms with Crippen LogP contribution in [0.2, 0.25) is 23.7 Å². The fraction of sp³-hybridized carbons (Fsp3) is 1.00. The van der Waals surface area contributed by atoms with Gasteiger partial charge in [0.15, 0.2) is 0 Å². The van der Waals surface area contributed by atoms with Crippen molar-refractivity contribution in [3.8, 4) is 0 Å². The van der Waals surface area contributed by atoms with Crippen molar-refractivity contribution in [2.45, 2.75) is 102 Å². The second-order valence-corrected chi connectivity index (χ2v) is 19.6. The molecule has 0 aromatic heterocycles. The van der Waals surface area contributed by atoms with E-state index in [0.29, 0.717) is 5.54 Å². The summed E-state index contributed by atoms with van der Waals surface area (Å²) in [4.78, 5) is 0. The molecule has 0 saturated heterocycles. The summed E-state index contributed by atoms with van der Waals surface area (Å²) in [7, 11) is 4.63. The van der Waals surface area contributed by atoms with Gasteiger partial charge in [0, 0.05) is 79.3 Å². The molecule has 1 atom stereocenters. The third kappa shape index (κ3) is 17.6. The van der Waals surface area contributed by atoms with E-state index in [1.54, 1.807) is 42.7 Å². The third-order valence-corrected chi connectivity index (χ3v) is 16.4. The maximum atomic E-state index is 5.85. The molecular weight excluding hydrogens is 581 g/mol. The van der Waals surface area contributed by atoms with Crippen molar-refractivity contribution in [1.29, 1.82) is 0 Å². The monoisotopic (exact) mass is 641 g/mol. The Morgan fingerprint density at radius 2 is 1.05 bits per heavy atom. The molecule has 0 aliphatic rings. The van der Waals surface area contributed by atoms with Crippen LogP contribution in [0, 0.1) is 0 Å². The van der Waals surface area contributed by atoms with Gasteiger partial charge in [-0.05, 0) is 46.2 Å². The van der Waals surface area contributed by atoms with Gasteiger partial charge in [0.25, 0.3) is 0 Å². The molecule has 0 aromatic rings. The summed E-state index contributed by atoms with van der Waals surface area (Å²) < 4.78 is 45.1. The van der Waals surface area contributed by atoms with Crippen LogP contribution in [0.1, 0.15) is 72.1 Å². The van der Waals surface area contributed by atoms with Crippen molar-refractivity contribution < 1.29 is 35.4 Å². The number of hydrogen-bond acceptors (Lipinski definition) is 10. The Morgan fingerprint density at radius 1 is 0.625 bits per heavy atom. The Kier molecular flexibility index (Phi) is 26.2. The second-order valence-electron chi connectivity index (χ2n) is 9.74. The molecule has 14 heteroatoms. The molecule has 0 spiro atoms. The molecule has 0 fully saturated rings. The van der Waals surface area contributed by atoms with Gasteiger partial charge in [-0.3, -0.25) is 0 Å². The van der Waals surface area contributed by atoms with E-state index < -0.39 is 26.9 Å². The SMILES string of the molecule is CCO[Si](OCC)C(C)CCCCCCC[Si]C(NCCC[Si](OC)(OC)OC)NCCC[Si](OC)(OC)OC. The highest BCUT2D eigenvalue weighted by molar-refractivity contribution is 6.60. The molecule has 0 bridgehead atoms. The maximum Gasteiger partial charge on any atom is 0.500 e. The number of hydrogen-bond donors (Lipinski definition) is 2. The lowest BCUT2D eigenvalue weighted by molar-refractivity contribution is 0.122. The lowest BCUT2D eigenvalue weighted by Gasteiger charge is -2.26. The summed E-state index contributed by atoms with van der Waals surface area (Å²) in [5.74, 6) is 0.283. The van der Waals surface area contributed by atoms with Crippen molar-refractivity contribution in [3.63, 3.8) is 0 Å². The van der Waals surface area contributed by atoms with Crippen LogP contribution >= 0.6 is 0 Å². The minimum absolute atomic E-state index is 0.283. The first-order valence-corrected chi connectivity index (χ1v) is 21.5. The fourth-order valence-corrected chi connectivity index (χ4v) is 10.9. The summed E-state index contributed by atoms with van der Waals surface area (Å²) >= 11 is 0. The van der Waals surface area contributed by atoms with Crippen LogP contribution in [-0.2, 0) is 35.4 Å². The maximum absolute atomic E-state index is 5.85. The molecule has 10 nitrogen and oxygen atoms in total. The summed E-state index contributed by atoms with van der Waals surface area (Å²) in [5, 5.41) is 7.43. The Balaban J connectivity index is 4.47. The zero-order valence-corrected chi connectivity index (χ0v) is 31.0. The zero-order chi connectivity index (χ0) is 30.1. The Morgan fingerprint density at radius 3 is 1.48 bits per heavy atom. The predicted octanol–water partition coefficient (Wildman–Crippen LogP) is 4.40. The van der Waals surface area contributed by atoms with E-state index in [4.69, 9.17) is 35.4 Å². The minimum atomic E-state index is -2.53. The first-order valence-electron chi connectivity index (χ1n) is 15.0. The molecule has 0 aliphatic heterocycles. The van der Waals surface area contributed by atoms with Crippen molar-refractivity contribution in [2.24, 2.45) is 0 Å². The molecule has 0 heterocycles. The van der Waals surface area contributed by atoms with Crippen molar-refractivity contribution >= 4 is 36.4 Å². The van der Waals surface area contributed by atoms with E-state index in [2.05, 4.69) is 31.4 Å². The Hall–Kier alpha value is 0.468. The number of rotatable bonds is 30. The van der Waals surface area contributed by atoms with Gasteiger partial charge in [0.1, 0.15) is 0 Å². The Labute approximate surface area is 252 Å². The standard InChI is InChI=1S/C26H61N2O8Si4/c1-10-35-38(36-11-2)25(3)19-15-13-12-14-16-22-37-26(27-20-17-23-39(29-4,30-5)31-6)28-21-18-24-40(32-7,33-8)34-9/h25-28H,10-24H2,1-9H3. The van der Waals surface area contributed by atoms with Gasteiger partial charge < -0.3 is 46.0 Å². The van der Waals surface area contributed by atoms with Crippen molar-refractivity contribution in [3.05, 3.63) is 0 Å².